The van der Waals surface area contributed by atoms with Crippen molar-refractivity contribution in [2.75, 3.05) is 30.9 Å². The predicted molar refractivity (Wildman–Crippen MR) is 70.4 cm³/mol. The molecule has 0 radical (unpaired) electrons. The number of thioether (sulfide) groups is 1. The standard InChI is InChI=1S/C10H22N2O2S2/c1-11-6-2-3-9-16(13,14)12-10-4-7-15-8-5-10/h10-12H,2-9H2,1H3. The zero-order valence-corrected chi connectivity index (χ0v) is 11.5. The summed E-state index contributed by atoms with van der Waals surface area (Å²) in [5, 5.41) is 3.02. The molecule has 0 aromatic rings. The monoisotopic (exact) mass is 266 g/mol. The molecule has 0 bridgehead atoms. The Morgan fingerprint density at radius 2 is 1.94 bits per heavy atom. The zero-order valence-electron chi connectivity index (χ0n) is 9.87. The van der Waals surface area contributed by atoms with Gasteiger partial charge < -0.3 is 5.32 Å². The molecule has 4 nitrogen and oxygen atoms in total. The molecule has 0 atom stereocenters. The third-order valence-electron chi connectivity index (χ3n) is 2.66. The van der Waals surface area contributed by atoms with E-state index < -0.39 is 10.0 Å². The lowest BCUT2D eigenvalue weighted by molar-refractivity contribution is 0.526. The van der Waals surface area contributed by atoms with Crippen molar-refractivity contribution in [1.82, 2.24) is 10.0 Å². The van der Waals surface area contributed by atoms with Gasteiger partial charge in [0, 0.05) is 6.04 Å². The zero-order chi connectivity index (χ0) is 11.9. The normalized spacial score (nSPS) is 18.8. The van der Waals surface area contributed by atoms with Gasteiger partial charge in [0.25, 0.3) is 0 Å². The average Bonchev–Trinajstić information content (AvgIpc) is 2.25. The molecule has 2 N–H and O–H groups in total. The van der Waals surface area contributed by atoms with Crippen LogP contribution in [0.2, 0.25) is 0 Å². The van der Waals surface area contributed by atoms with Gasteiger partial charge in [-0.25, -0.2) is 13.1 Å². The molecule has 0 aliphatic carbocycles. The summed E-state index contributed by atoms with van der Waals surface area (Å²) < 4.78 is 26.3. The highest BCUT2D eigenvalue weighted by atomic mass is 32.2. The molecular weight excluding hydrogens is 244 g/mol. The minimum atomic E-state index is -3.05. The van der Waals surface area contributed by atoms with Crippen LogP contribution in [-0.2, 0) is 10.0 Å². The summed E-state index contributed by atoms with van der Waals surface area (Å²) in [7, 11) is -1.17. The third-order valence-corrected chi connectivity index (χ3v) is 5.22. The Morgan fingerprint density at radius 1 is 1.25 bits per heavy atom. The second-order valence-corrected chi connectivity index (χ2v) is 7.23. The molecule has 96 valence electrons. The van der Waals surface area contributed by atoms with Crippen LogP contribution in [-0.4, -0.2) is 45.3 Å². The second kappa shape index (κ2) is 7.53. The molecule has 16 heavy (non-hydrogen) atoms. The van der Waals surface area contributed by atoms with E-state index in [4.69, 9.17) is 0 Å². The number of sulfonamides is 1. The van der Waals surface area contributed by atoms with Crippen molar-refractivity contribution in [3.8, 4) is 0 Å². The molecule has 1 aliphatic rings. The van der Waals surface area contributed by atoms with E-state index in [0.29, 0.717) is 0 Å². The highest BCUT2D eigenvalue weighted by molar-refractivity contribution is 7.99. The van der Waals surface area contributed by atoms with Crippen LogP contribution >= 0.6 is 11.8 Å². The summed E-state index contributed by atoms with van der Waals surface area (Å²) in [5.41, 5.74) is 0. The Kier molecular flexibility index (Phi) is 6.72. The fraction of sp³-hybridized carbons (Fsp3) is 1.00. The van der Waals surface area contributed by atoms with Gasteiger partial charge in [-0.05, 0) is 50.8 Å². The smallest absolute Gasteiger partial charge is 0.211 e. The molecule has 1 saturated heterocycles. The largest absolute Gasteiger partial charge is 0.320 e. The SMILES string of the molecule is CNCCCCS(=O)(=O)NC1CCSCC1. The van der Waals surface area contributed by atoms with Crippen molar-refractivity contribution < 1.29 is 8.42 Å². The summed E-state index contributed by atoms with van der Waals surface area (Å²) in [6.07, 6.45) is 3.59. The molecule has 0 aromatic carbocycles. The van der Waals surface area contributed by atoms with Crippen LogP contribution < -0.4 is 10.0 Å². The summed E-state index contributed by atoms with van der Waals surface area (Å²) >= 11 is 1.91. The van der Waals surface area contributed by atoms with E-state index in [2.05, 4.69) is 10.0 Å². The first kappa shape index (κ1) is 14.3. The van der Waals surface area contributed by atoms with Crippen molar-refractivity contribution in [3.05, 3.63) is 0 Å². The van der Waals surface area contributed by atoms with Crippen LogP contribution in [0.15, 0.2) is 0 Å². The van der Waals surface area contributed by atoms with Crippen molar-refractivity contribution in [2.24, 2.45) is 0 Å². The van der Waals surface area contributed by atoms with E-state index in [9.17, 15) is 8.42 Å². The van der Waals surface area contributed by atoms with E-state index in [1.165, 1.54) is 0 Å². The van der Waals surface area contributed by atoms with Gasteiger partial charge in [0.15, 0.2) is 0 Å². The molecule has 0 amide bonds. The Morgan fingerprint density at radius 3 is 2.56 bits per heavy atom. The van der Waals surface area contributed by atoms with Crippen molar-refractivity contribution >= 4 is 21.8 Å². The summed E-state index contributed by atoms with van der Waals surface area (Å²) in [4.78, 5) is 0. The summed E-state index contributed by atoms with van der Waals surface area (Å²) in [5.74, 6) is 2.41. The lowest BCUT2D eigenvalue weighted by atomic mass is 10.2. The number of unbranched alkanes of at least 4 members (excludes halogenated alkanes) is 1. The second-order valence-electron chi connectivity index (χ2n) is 4.13. The highest BCUT2D eigenvalue weighted by Gasteiger charge is 2.19. The average molecular weight is 266 g/mol. The maximum absolute atomic E-state index is 11.7. The van der Waals surface area contributed by atoms with E-state index in [0.717, 1.165) is 43.7 Å². The lowest BCUT2D eigenvalue weighted by Crippen LogP contribution is -2.38. The molecule has 0 aromatic heterocycles. The molecule has 0 unspecified atom stereocenters. The van der Waals surface area contributed by atoms with Crippen LogP contribution in [0.1, 0.15) is 25.7 Å². The van der Waals surface area contributed by atoms with Crippen molar-refractivity contribution in [2.45, 2.75) is 31.7 Å². The molecule has 1 rings (SSSR count). The van der Waals surface area contributed by atoms with Crippen LogP contribution in [0.25, 0.3) is 0 Å². The van der Waals surface area contributed by atoms with E-state index in [-0.39, 0.29) is 11.8 Å². The molecule has 1 heterocycles. The quantitative estimate of drug-likeness (QED) is 0.669. The van der Waals surface area contributed by atoms with Crippen molar-refractivity contribution in [3.63, 3.8) is 0 Å². The maximum Gasteiger partial charge on any atom is 0.211 e. The topological polar surface area (TPSA) is 58.2 Å². The number of nitrogens with one attached hydrogen (secondary N) is 2. The minimum absolute atomic E-state index is 0.176. The lowest BCUT2D eigenvalue weighted by Gasteiger charge is -2.22. The van der Waals surface area contributed by atoms with Crippen LogP contribution in [0.4, 0.5) is 0 Å². The first-order valence-corrected chi connectivity index (χ1v) is 8.67. The minimum Gasteiger partial charge on any atom is -0.320 e. The van der Waals surface area contributed by atoms with Crippen LogP contribution in [0.3, 0.4) is 0 Å². The van der Waals surface area contributed by atoms with Crippen LogP contribution in [0.5, 0.6) is 0 Å². The fourth-order valence-corrected chi connectivity index (χ4v) is 4.27. The van der Waals surface area contributed by atoms with Gasteiger partial charge in [-0.3, -0.25) is 0 Å². The Hall–Kier alpha value is 0.220. The van der Waals surface area contributed by atoms with E-state index >= 15 is 0 Å². The van der Waals surface area contributed by atoms with Gasteiger partial charge in [0.1, 0.15) is 0 Å². The summed E-state index contributed by atoms with van der Waals surface area (Å²) in [6, 6.07) is 0.176. The fourth-order valence-electron chi connectivity index (χ4n) is 1.72. The molecule has 1 fully saturated rings. The van der Waals surface area contributed by atoms with Crippen molar-refractivity contribution in [1.29, 1.82) is 0 Å². The van der Waals surface area contributed by atoms with Gasteiger partial charge in [0.05, 0.1) is 5.75 Å². The van der Waals surface area contributed by atoms with Gasteiger partial charge in [-0.1, -0.05) is 0 Å². The van der Waals surface area contributed by atoms with Gasteiger partial charge in [0.2, 0.25) is 10.0 Å². The number of rotatable bonds is 7. The van der Waals surface area contributed by atoms with Gasteiger partial charge in [-0.15, -0.1) is 0 Å². The molecule has 0 saturated carbocycles. The predicted octanol–water partition coefficient (Wildman–Crippen LogP) is 0.801. The van der Waals surface area contributed by atoms with Gasteiger partial charge >= 0.3 is 0 Å². The molecular formula is C10H22N2O2S2. The molecule has 6 heteroatoms. The summed E-state index contributed by atoms with van der Waals surface area (Å²) in [6.45, 7) is 0.885. The first-order chi connectivity index (χ1) is 7.64. The molecule has 0 spiro atoms. The number of hydrogen-bond acceptors (Lipinski definition) is 4. The first-order valence-electron chi connectivity index (χ1n) is 5.86. The van der Waals surface area contributed by atoms with E-state index in [1.807, 2.05) is 18.8 Å². The van der Waals surface area contributed by atoms with E-state index in [1.54, 1.807) is 0 Å². The Bertz CT molecular complexity index is 275. The third kappa shape index (κ3) is 6.08. The maximum atomic E-state index is 11.7. The number of hydrogen-bond donors (Lipinski definition) is 2. The highest BCUT2D eigenvalue weighted by Crippen LogP contribution is 2.17. The Balaban J connectivity index is 2.22. The van der Waals surface area contributed by atoms with Crippen LogP contribution in [0, 0.1) is 0 Å². The van der Waals surface area contributed by atoms with Gasteiger partial charge in [-0.2, -0.15) is 11.8 Å². The molecule has 1 aliphatic heterocycles. The Labute approximate surface area is 103 Å².